The fourth-order valence-electron chi connectivity index (χ4n) is 4.42. The summed E-state index contributed by atoms with van der Waals surface area (Å²) in [7, 11) is 0. The zero-order chi connectivity index (χ0) is 20.5. The number of amides is 2. The van der Waals surface area contributed by atoms with E-state index in [0.29, 0.717) is 11.6 Å². The Balaban J connectivity index is 1.59. The van der Waals surface area contributed by atoms with Crippen LogP contribution in [-0.2, 0) is 16.1 Å². The number of nitrogens with one attached hydrogen (secondary N) is 1. The maximum atomic E-state index is 14.0. The number of carbonyl (C=O) groups excluding carboxylic acids is 2. The molecule has 1 aliphatic heterocycles. The molecule has 1 N–H and O–H groups in total. The number of rotatable bonds is 4. The van der Waals surface area contributed by atoms with E-state index in [2.05, 4.69) is 5.32 Å². The lowest BCUT2D eigenvalue weighted by Gasteiger charge is -2.45. The maximum absolute atomic E-state index is 14.0. The molecule has 1 fully saturated rings. The normalized spacial score (nSPS) is 23.3. The van der Waals surface area contributed by atoms with E-state index in [0.717, 1.165) is 24.0 Å². The van der Waals surface area contributed by atoms with Gasteiger partial charge in [-0.3, -0.25) is 4.79 Å². The van der Waals surface area contributed by atoms with Gasteiger partial charge in [0.2, 0.25) is 5.91 Å². The second kappa shape index (κ2) is 7.85. The van der Waals surface area contributed by atoms with E-state index in [1.165, 1.54) is 19.1 Å². The smallest absolute Gasteiger partial charge is 0.407 e. The molecule has 1 aliphatic carbocycles. The van der Waals surface area contributed by atoms with E-state index < -0.39 is 11.9 Å². The van der Waals surface area contributed by atoms with E-state index in [9.17, 15) is 14.0 Å². The third-order valence-electron chi connectivity index (χ3n) is 5.88. The van der Waals surface area contributed by atoms with Gasteiger partial charge in [-0.25, -0.2) is 9.18 Å². The van der Waals surface area contributed by atoms with Crippen molar-refractivity contribution in [3.05, 3.63) is 65.5 Å². The van der Waals surface area contributed by atoms with Gasteiger partial charge < -0.3 is 15.0 Å². The molecule has 2 amide bonds. The van der Waals surface area contributed by atoms with Gasteiger partial charge in [0.1, 0.15) is 12.4 Å². The van der Waals surface area contributed by atoms with Crippen LogP contribution in [0.3, 0.4) is 0 Å². The Morgan fingerprint density at radius 1 is 1.17 bits per heavy atom. The van der Waals surface area contributed by atoms with Crippen LogP contribution in [0.4, 0.5) is 14.9 Å². The third-order valence-corrected chi connectivity index (χ3v) is 5.88. The number of fused-ring (bicyclic) bond motifs is 1. The molecular formula is C23H25FN2O3. The summed E-state index contributed by atoms with van der Waals surface area (Å²) in [5.74, 6) is -0.154. The Morgan fingerprint density at radius 3 is 2.55 bits per heavy atom. The Hall–Kier alpha value is -2.89. The van der Waals surface area contributed by atoms with Crippen LogP contribution in [0.1, 0.15) is 43.9 Å². The van der Waals surface area contributed by atoms with Gasteiger partial charge >= 0.3 is 6.09 Å². The van der Waals surface area contributed by atoms with Crippen LogP contribution in [0.15, 0.2) is 48.5 Å². The highest BCUT2D eigenvalue weighted by atomic mass is 19.1. The summed E-state index contributed by atoms with van der Waals surface area (Å²) in [4.78, 5) is 26.7. The first-order valence-corrected chi connectivity index (χ1v) is 10.0. The Bertz CT molecular complexity index is 914. The number of ether oxygens (including phenoxy) is 1. The van der Waals surface area contributed by atoms with Gasteiger partial charge in [0.25, 0.3) is 0 Å². The van der Waals surface area contributed by atoms with Crippen molar-refractivity contribution >= 4 is 17.7 Å². The van der Waals surface area contributed by atoms with Crippen LogP contribution >= 0.6 is 0 Å². The topological polar surface area (TPSA) is 58.6 Å². The van der Waals surface area contributed by atoms with Crippen molar-refractivity contribution in [2.24, 2.45) is 11.8 Å². The van der Waals surface area contributed by atoms with Crippen LogP contribution in [0.25, 0.3) is 0 Å². The minimum atomic E-state index is -0.521. The van der Waals surface area contributed by atoms with Crippen molar-refractivity contribution in [3.8, 4) is 0 Å². The van der Waals surface area contributed by atoms with Crippen molar-refractivity contribution in [3.63, 3.8) is 0 Å². The number of hydrogen-bond acceptors (Lipinski definition) is 3. The molecule has 4 rings (SSSR count). The van der Waals surface area contributed by atoms with E-state index in [1.54, 1.807) is 11.0 Å². The summed E-state index contributed by atoms with van der Waals surface area (Å²) in [5, 5.41) is 2.97. The first-order valence-electron chi connectivity index (χ1n) is 10.0. The zero-order valence-electron chi connectivity index (χ0n) is 16.6. The zero-order valence-corrected chi connectivity index (χ0v) is 16.6. The summed E-state index contributed by atoms with van der Waals surface area (Å²) < 4.78 is 19.4. The first kappa shape index (κ1) is 19.4. The second-order valence-electron chi connectivity index (χ2n) is 7.96. The number of alkyl carbamates (subject to hydrolysis) is 1. The molecule has 6 heteroatoms. The van der Waals surface area contributed by atoms with Crippen molar-refractivity contribution < 1.29 is 18.7 Å². The standard InChI is InChI=1S/C23H25FN2O3/c1-14-21(25-23(28)29-13-16-6-4-3-5-7-16)19-11-10-18(24)12-20(19)26(15(2)27)22(14)17-8-9-17/h3-7,10-12,14,17,21-22H,8-9,13H2,1-2H3,(H,25,28)/t14-,21?,22-/m1/s1. The number of nitrogens with zero attached hydrogens (tertiary/aromatic N) is 1. The molecule has 0 aromatic heterocycles. The molecule has 2 aromatic carbocycles. The van der Waals surface area contributed by atoms with Gasteiger partial charge in [-0.05, 0) is 42.0 Å². The maximum Gasteiger partial charge on any atom is 0.407 e. The van der Waals surface area contributed by atoms with Gasteiger partial charge in [-0.1, -0.05) is 43.3 Å². The highest BCUT2D eigenvalue weighted by Crippen LogP contribution is 2.49. The van der Waals surface area contributed by atoms with E-state index in [-0.39, 0.29) is 30.5 Å². The fourth-order valence-corrected chi connectivity index (χ4v) is 4.42. The van der Waals surface area contributed by atoms with Crippen LogP contribution in [-0.4, -0.2) is 18.0 Å². The van der Waals surface area contributed by atoms with Crippen molar-refractivity contribution in [1.82, 2.24) is 5.32 Å². The molecule has 5 nitrogen and oxygen atoms in total. The van der Waals surface area contributed by atoms with Crippen molar-refractivity contribution in [2.45, 2.75) is 45.4 Å². The van der Waals surface area contributed by atoms with Crippen LogP contribution in [0.5, 0.6) is 0 Å². The van der Waals surface area contributed by atoms with Gasteiger partial charge in [0.15, 0.2) is 0 Å². The van der Waals surface area contributed by atoms with E-state index >= 15 is 0 Å². The summed E-state index contributed by atoms with van der Waals surface area (Å²) in [6, 6.07) is 13.5. The minimum absolute atomic E-state index is 0.0198. The quantitative estimate of drug-likeness (QED) is 0.823. The number of halogens is 1. The summed E-state index contributed by atoms with van der Waals surface area (Å²) >= 11 is 0. The lowest BCUT2D eigenvalue weighted by atomic mass is 9.80. The molecule has 3 atom stereocenters. The average Bonchev–Trinajstić information content (AvgIpc) is 3.53. The third kappa shape index (κ3) is 3.97. The average molecular weight is 396 g/mol. The highest BCUT2D eigenvalue weighted by Gasteiger charge is 2.48. The monoisotopic (exact) mass is 396 g/mol. The van der Waals surface area contributed by atoms with E-state index in [4.69, 9.17) is 4.74 Å². The second-order valence-corrected chi connectivity index (χ2v) is 7.96. The summed E-state index contributed by atoms with van der Waals surface area (Å²) in [5.41, 5.74) is 2.18. The largest absolute Gasteiger partial charge is 0.445 e. The minimum Gasteiger partial charge on any atom is -0.445 e. The Kier molecular flexibility index (Phi) is 5.26. The number of hydrogen-bond donors (Lipinski definition) is 1. The van der Waals surface area contributed by atoms with Gasteiger partial charge in [-0.15, -0.1) is 0 Å². The number of anilines is 1. The molecule has 1 heterocycles. The molecule has 0 radical (unpaired) electrons. The SMILES string of the molecule is CC(=O)N1c2cc(F)ccc2C(NC(=O)OCc2ccccc2)[C@@H](C)[C@@H]1C1CC1. The van der Waals surface area contributed by atoms with Gasteiger partial charge in [-0.2, -0.15) is 0 Å². The molecule has 0 bridgehead atoms. The Morgan fingerprint density at radius 2 is 1.90 bits per heavy atom. The molecule has 1 saturated carbocycles. The molecule has 0 saturated heterocycles. The fraction of sp³-hybridized carbons (Fsp3) is 0.391. The molecule has 2 aromatic rings. The molecule has 1 unspecified atom stereocenters. The van der Waals surface area contributed by atoms with Crippen LogP contribution in [0.2, 0.25) is 0 Å². The Labute approximate surface area is 169 Å². The van der Waals surface area contributed by atoms with Crippen molar-refractivity contribution in [1.29, 1.82) is 0 Å². The van der Waals surface area contributed by atoms with Crippen LogP contribution in [0, 0.1) is 17.7 Å². The van der Waals surface area contributed by atoms with Gasteiger partial charge in [0.05, 0.1) is 11.7 Å². The molecule has 2 aliphatic rings. The van der Waals surface area contributed by atoms with Crippen LogP contribution < -0.4 is 10.2 Å². The predicted octanol–water partition coefficient (Wildman–Crippen LogP) is 4.57. The molecular weight excluding hydrogens is 371 g/mol. The first-order chi connectivity index (χ1) is 14.0. The van der Waals surface area contributed by atoms with Gasteiger partial charge in [0, 0.05) is 18.9 Å². The highest BCUT2D eigenvalue weighted by molar-refractivity contribution is 5.94. The molecule has 152 valence electrons. The lowest BCUT2D eigenvalue weighted by molar-refractivity contribution is -0.117. The number of benzene rings is 2. The summed E-state index contributed by atoms with van der Waals surface area (Å²) in [6.07, 6.45) is 1.55. The van der Waals surface area contributed by atoms with Crippen molar-refractivity contribution in [2.75, 3.05) is 4.90 Å². The summed E-state index contributed by atoms with van der Waals surface area (Å²) in [6.45, 7) is 3.72. The predicted molar refractivity (Wildman–Crippen MR) is 108 cm³/mol. The number of carbonyl (C=O) groups is 2. The molecule has 0 spiro atoms. The van der Waals surface area contributed by atoms with E-state index in [1.807, 2.05) is 37.3 Å². The molecule has 29 heavy (non-hydrogen) atoms. The lowest BCUT2D eigenvalue weighted by Crippen LogP contribution is -2.53.